The standard InChI is InChI=1S/C15H23N3O2S.HI/c1-19-14-4-2-13(3-5-14)12-20-9-6-17-15(16)18-7-10-21-11-8-18;/h2-5H,6-12H2,1H3,(H2,16,17);1H. The fourth-order valence-corrected chi connectivity index (χ4v) is 2.93. The van der Waals surface area contributed by atoms with E-state index in [0.29, 0.717) is 25.7 Å². The van der Waals surface area contributed by atoms with Gasteiger partial charge in [-0.1, -0.05) is 12.1 Å². The maximum atomic E-state index is 5.97. The van der Waals surface area contributed by atoms with Crippen molar-refractivity contribution in [1.29, 1.82) is 0 Å². The van der Waals surface area contributed by atoms with Gasteiger partial charge in [0.1, 0.15) is 5.75 Å². The van der Waals surface area contributed by atoms with Gasteiger partial charge >= 0.3 is 0 Å². The van der Waals surface area contributed by atoms with Gasteiger partial charge in [0.05, 0.1) is 26.9 Å². The predicted octanol–water partition coefficient (Wildman–Crippen LogP) is 2.19. The molecule has 0 amide bonds. The fraction of sp³-hybridized carbons (Fsp3) is 0.533. The molecule has 1 aliphatic heterocycles. The maximum Gasteiger partial charge on any atom is 0.191 e. The Hall–Kier alpha value is -0.670. The Morgan fingerprint density at radius 2 is 1.95 bits per heavy atom. The number of ether oxygens (including phenoxy) is 2. The lowest BCUT2D eigenvalue weighted by molar-refractivity contribution is 0.128. The first-order chi connectivity index (χ1) is 10.3. The van der Waals surface area contributed by atoms with Crippen LogP contribution in [0.1, 0.15) is 5.56 Å². The predicted molar refractivity (Wildman–Crippen MR) is 103 cm³/mol. The molecule has 0 bridgehead atoms. The Labute approximate surface area is 153 Å². The average Bonchev–Trinajstić information content (AvgIpc) is 2.55. The molecule has 7 heteroatoms. The third-order valence-corrected chi connectivity index (χ3v) is 4.21. The Morgan fingerprint density at radius 3 is 2.59 bits per heavy atom. The number of nitrogens with two attached hydrogens (primary N) is 1. The van der Waals surface area contributed by atoms with Crippen LogP contribution in [0.3, 0.4) is 0 Å². The first-order valence-electron chi connectivity index (χ1n) is 7.13. The molecule has 1 aromatic rings. The summed E-state index contributed by atoms with van der Waals surface area (Å²) in [6.07, 6.45) is 0. The van der Waals surface area contributed by atoms with E-state index >= 15 is 0 Å². The van der Waals surface area contributed by atoms with Crippen molar-refractivity contribution in [3.05, 3.63) is 29.8 Å². The summed E-state index contributed by atoms with van der Waals surface area (Å²) < 4.78 is 10.7. The molecule has 0 saturated carbocycles. The minimum Gasteiger partial charge on any atom is -0.497 e. The van der Waals surface area contributed by atoms with Crippen LogP contribution in [0.15, 0.2) is 29.3 Å². The second-order valence-electron chi connectivity index (χ2n) is 4.74. The number of nitrogens with zero attached hydrogens (tertiary/aromatic N) is 2. The van der Waals surface area contributed by atoms with Gasteiger partial charge in [0.2, 0.25) is 0 Å². The van der Waals surface area contributed by atoms with Crippen LogP contribution in [0.25, 0.3) is 0 Å². The molecule has 1 fully saturated rings. The van der Waals surface area contributed by atoms with Crippen molar-refractivity contribution in [2.24, 2.45) is 10.7 Å². The van der Waals surface area contributed by atoms with E-state index in [1.54, 1.807) is 7.11 Å². The SMILES string of the molecule is COc1ccc(COCCN=C(N)N2CCSCC2)cc1.I. The van der Waals surface area contributed by atoms with Crippen molar-refractivity contribution < 1.29 is 9.47 Å². The van der Waals surface area contributed by atoms with Crippen molar-refractivity contribution >= 4 is 41.7 Å². The highest BCUT2D eigenvalue weighted by atomic mass is 127. The molecule has 0 atom stereocenters. The second kappa shape index (κ2) is 11.0. The monoisotopic (exact) mass is 437 g/mol. The van der Waals surface area contributed by atoms with Crippen molar-refractivity contribution in [2.45, 2.75) is 6.61 Å². The van der Waals surface area contributed by atoms with E-state index in [4.69, 9.17) is 15.2 Å². The number of thioether (sulfide) groups is 1. The van der Waals surface area contributed by atoms with Crippen molar-refractivity contribution in [3.63, 3.8) is 0 Å². The van der Waals surface area contributed by atoms with E-state index in [2.05, 4.69) is 9.89 Å². The van der Waals surface area contributed by atoms with Crippen LogP contribution < -0.4 is 10.5 Å². The van der Waals surface area contributed by atoms with Gasteiger partial charge in [-0.2, -0.15) is 11.8 Å². The van der Waals surface area contributed by atoms with Gasteiger partial charge in [-0.3, -0.25) is 4.99 Å². The van der Waals surface area contributed by atoms with Gasteiger partial charge < -0.3 is 20.1 Å². The van der Waals surface area contributed by atoms with Crippen LogP contribution in [0.2, 0.25) is 0 Å². The van der Waals surface area contributed by atoms with E-state index in [-0.39, 0.29) is 24.0 Å². The number of methoxy groups -OCH3 is 1. The molecule has 0 unspecified atom stereocenters. The van der Waals surface area contributed by atoms with E-state index in [1.807, 2.05) is 36.0 Å². The largest absolute Gasteiger partial charge is 0.497 e. The molecule has 0 spiro atoms. The van der Waals surface area contributed by atoms with Gasteiger partial charge in [0.25, 0.3) is 0 Å². The molecule has 124 valence electrons. The van der Waals surface area contributed by atoms with Gasteiger partial charge in [-0.25, -0.2) is 0 Å². The Bertz CT molecular complexity index is 451. The van der Waals surface area contributed by atoms with Gasteiger partial charge in [0.15, 0.2) is 5.96 Å². The highest BCUT2D eigenvalue weighted by Gasteiger charge is 2.11. The summed E-state index contributed by atoms with van der Waals surface area (Å²) in [6.45, 7) is 3.75. The minimum atomic E-state index is 0. The van der Waals surface area contributed by atoms with Gasteiger partial charge in [-0.05, 0) is 17.7 Å². The smallest absolute Gasteiger partial charge is 0.191 e. The summed E-state index contributed by atoms with van der Waals surface area (Å²) in [5, 5.41) is 0. The summed E-state index contributed by atoms with van der Waals surface area (Å²) in [5.74, 6) is 3.76. The molecule has 1 heterocycles. The first kappa shape index (κ1) is 19.4. The topological polar surface area (TPSA) is 60.1 Å². The molecule has 0 radical (unpaired) electrons. The van der Waals surface area contributed by atoms with Crippen LogP contribution in [0.4, 0.5) is 0 Å². The van der Waals surface area contributed by atoms with E-state index < -0.39 is 0 Å². The number of guanidine groups is 1. The lowest BCUT2D eigenvalue weighted by Gasteiger charge is -2.27. The molecule has 1 aromatic carbocycles. The third-order valence-electron chi connectivity index (χ3n) is 3.27. The number of halogens is 1. The van der Waals surface area contributed by atoms with Crippen LogP contribution in [0.5, 0.6) is 5.75 Å². The normalized spacial score (nSPS) is 15.3. The van der Waals surface area contributed by atoms with Crippen molar-refractivity contribution in [1.82, 2.24) is 4.90 Å². The summed E-state index contributed by atoms with van der Waals surface area (Å²) >= 11 is 1.96. The van der Waals surface area contributed by atoms with Crippen LogP contribution in [-0.2, 0) is 11.3 Å². The van der Waals surface area contributed by atoms with Crippen LogP contribution in [-0.4, -0.2) is 55.7 Å². The summed E-state index contributed by atoms with van der Waals surface area (Å²) in [4.78, 5) is 6.51. The Balaban J connectivity index is 0.00000242. The quantitative estimate of drug-likeness (QED) is 0.320. The minimum absolute atomic E-state index is 0. The Kier molecular flexibility index (Phi) is 9.65. The zero-order valence-corrected chi connectivity index (χ0v) is 16.0. The van der Waals surface area contributed by atoms with Crippen LogP contribution >= 0.6 is 35.7 Å². The molecule has 0 aromatic heterocycles. The molecule has 1 aliphatic rings. The average molecular weight is 437 g/mol. The molecule has 2 N–H and O–H groups in total. The number of aliphatic imine (C=N–C) groups is 1. The number of benzene rings is 1. The number of hydrogen-bond donors (Lipinski definition) is 1. The first-order valence-corrected chi connectivity index (χ1v) is 8.28. The molecule has 22 heavy (non-hydrogen) atoms. The van der Waals surface area contributed by atoms with Crippen molar-refractivity contribution in [2.75, 3.05) is 44.9 Å². The lowest BCUT2D eigenvalue weighted by Crippen LogP contribution is -2.42. The van der Waals surface area contributed by atoms with Crippen molar-refractivity contribution in [3.8, 4) is 5.75 Å². The van der Waals surface area contributed by atoms with E-state index in [1.165, 1.54) is 0 Å². The zero-order chi connectivity index (χ0) is 14.9. The van der Waals surface area contributed by atoms with Gasteiger partial charge in [-0.15, -0.1) is 24.0 Å². The van der Waals surface area contributed by atoms with E-state index in [0.717, 1.165) is 35.9 Å². The third kappa shape index (κ3) is 6.62. The van der Waals surface area contributed by atoms with E-state index in [9.17, 15) is 0 Å². The molecule has 2 rings (SSSR count). The summed E-state index contributed by atoms with van der Waals surface area (Å²) in [5.41, 5.74) is 7.10. The fourth-order valence-electron chi connectivity index (χ4n) is 2.03. The molecular formula is C15H24IN3O2S. The summed E-state index contributed by atoms with van der Waals surface area (Å²) in [6, 6.07) is 7.87. The van der Waals surface area contributed by atoms with Gasteiger partial charge in [0, 0.05) is 24.6 Å². The highest BCUT2D eigenvalue weighted by Crippen LogP contribution is 2.12. The molecule has 0 aliphatic carbocycles. The molecular weight excluding hydrogens is 413 g/mol. The molecule has 5 nitrogen and oxygen atoms in total. The second-order valence-corrected chi connectivity index (χ2v) is 5.96. The number of hydrogen-bond acceptors (Lipinski definition) is 4. The lowest BCUT2D eigenvalue weighted by atomic mass is 10.2. The Morgan fingerprint density at radius 1 is 1.27 bits per heavy atom. The summed E-state index contributed by atoms with van der Waals surface area (Å²) in [7, 11) is 1.66. The number of rotatable bonds is 6. The molecule has 1 saturated heterocycles. The highest BCUT2D eigenvalue weighted by molar-refractivity contribution is 14.0. The van der Waals surface area contributed by atoms with Crippen LogP contribution in [0, 0.1) is 0 Å². The zero-order valence-electron chi connectivity index (χ0n) is 12.9. The maximum absolute atomic E-state index is 5.97.